The van der Waals surface area contributed by atoms with Crippen LogP contribution in [0.5, 0.6) is 11.5 Å². The summed E-state index contributed by atoms with van der Waals surface area (Å²) in [6.07, 6.45) is 1.38. The van der Waals surface area contributed by atoms with E-state index in [0.717, 1.165) is 5.56 Å². The van der Waals surface area contributed by atoms with Crippen molar-refractivity contribution in [3.63, 3.8) is 0 Å². The Kier molecular flexibility index (Phi) is 9.28. The SMILES string of the molecule is COc1cc(/C=N/NC(=O)c2ccc(NS(=O)(=O)c3ccc(C)cc3)cc2)ccc1OC(=O)c1ccc(Cl)cc1Cl. The van der Waals surface area contributed by atoms with E-state index in [2.05, 4.69) is 15.2 Å². The van der Waals surface area contributed by atoms with E-state index in [4.69, 9.17) is 32.7 Å². The molecule has 0 heterocycles. The van der Waals surface area contributed by atoms with Crippen molar-refractivity contribution in [2.24, 2.45) is 5.10 Å². The van der Waals surface area contributed by atoms with Crippen molar-refractivity contribution in [1.29, 1.82) is 0 Å². The number of carbonyl (C=O) groups is 2. The number of rotatable bonds is 9. The average molecular weight is 612 g/mol. The van der Waals surface area contributed by atoms with Crippen molar-refractivity contribution < 1.29 is 27.5 Å². The summed E-state index contributed by atoms with van der Waals surface area (Å²) in [6.45, 7) is 1.87. The van der Waals surface area contributed by atoms with Crippen LogP contribution in [0.25, 0.3) is 0 Å². The van der Waals surface area contributed by atoms with Crippen LogP contribution in [-0.2, 0) is 10.0 Å². The van der Waals surface area contributed by atoms with Gasteiger partial charge in [-0.05, 0) is 85.3 Å². The first-order chi connectivity index (χ1) is 19.6. The molecule has 4 aromatic rings. The summed E-state index contributed by atoms with van der Waals surface area (Å²) >= 11 is 12.0. The Bertz CT molecular complexity index is 1720. The predicted molar refractivity (Wildman–Crippen MR) is 158 cm³/mol. The molecule has 0 saturated heterocycles. The van der Waals surface area contributed by atoms with Gasteiger partial charge in [-0.15, -0.1) is 0 Å². The second-order valence-electron chi connectivity index (χ2n) is 8.62. The van der Waals surface area contributed by atoms with Crippen molar-refractivity contribution in [1.82, 2.24) is 5.43 Å². The number of nitrogens with zero attached hydrogens (tertiary/aromatic N) is 1. The normalized spacial score (nSPS) is 11.2. The molecule has 1 amide bonds. The van der Waals surface area contributed by atoms with Crippen LogP contribution in [0.1, 0.15) is 31.8 Å². The minimum Gasteiger partial charge on any atom is -0.493 e. The Labute approximate surface area is 246 Å². The topological polar surface area (TPSA) is 123 Å². The number of sulfonamides is 1. The van der Waals surface area contributed by atoms with Gasteiger partial charge >= 0.3 is 5.97 Å². The van der Waals surface area contributed by atoms with E-state index in [0.29, 0.717) is 16.3 Å². The molecule has 0 aliphatic heterocycles. The molecule has 0 aromatic heterocycles. The summed E-state index contributed by atoms with van der Waals surface area (Å²) in [5.74, 6) is -0.788. The lowest BCUT2D eigenvalue weighted by atomic mass is 10.2. The summed E-state index contributed by atoms with van der Waals surface area (Å²) in [7, 11) is -2.35. The fourth-order valence-corrected chi connectivity index (χ4v) is 5.05. The number of hydrazone groups is 1. The third-order valence-corrected chi connectivity index (χ3v) is 7.60. The molecule has 0 unspecified atom stereocenters. The van der Waals surface area contributed by atoms with Gasteiger partial charge in [0.25, 0.3) is 15.9 Å². The highest BCUT2D eigenvalue weighted by Crippen LogP contribution is 2.30. The zero-order chi connectivity index (χ0) is 29.6. The molecule has 0 radical (unpaired) electrons. The Hall–Kier alpha value is -4.38. The standard InChI is InChI=1S/C29H23Cl2N3O6S/c1-18-3-11-23(12-4-18)41(37,38)34-22-9-6-20(7-10-22)28(35)33-32-17-19-5-14-26(27(15-19)39-2)40-29(36)24-13-8-21(30)16-25(24)31/h3-17,34H,1-2H3,(H,33,35)/b32-17+. The maximum absolute atomic E-state index is 12.6. The number of carbonyl (C=O) groups excluding carboxylic acids is 2. The van der Waals surface area contributed by atoms with Gasteiger partial charge in [0.05, 0.1) is 28.8 Å². The van der Waals surface area contributed by atoms with Crippen molar-refractivity contribution in [2.75, 3.05) is 11.8 Å². The number of benzene rings is 4. The largest absolute Gasteiger partial charge is 0.493 e. The van der Waals surface area contributed by atoms with E-state index in [-0.39, 0.29) is 32.5 Å². The number of ether oxygens (including phenoxy) is 2. The molecular formula is C29H23Cl2N3O6S. The van der Waals surface area contributed by atoms with Gasteiger partial charge in [-0.25, -0.2) is 18.6 Å². The van der Waals surface area contributed by atoms with Gasteiger partial charge in [-0.2, -0.15) is 5.10 Å². The molecule has 210 valence electrons. The molecular weight excluding hydrogens is 589 g/mol. The van der Waals surface area contributed by atoms with Crippen LogP contribution in [0, 0.1) is 6.92 Å². The second kappa shape index (κ2) is 12.9. The van der Waals surface area contributed by atoms with Crippen molar-refractivity contribution in [2.45, 2.75) is 11.8 Å². The second-order valence-corrected chi connectivity index (χ2v) is 11.1. The summed E-state index contributed by atoms with van der Waals surface area (Å²) < 4.78 is 38.3. The highest BCUT2D eigenvalue weighted by molar-refractivity contribution is 7.92. The van der Waals surface area contributed by atoms with E-state index in [1.54, 1.807) is 24.3 Å². The molecule has 12 heteroatoms. The first-order valence-corrected chi connectivity index (χ1v) is 14.2. The third-order valence-electron chi connectivity index (χ3n) is 5.65. The van der Waals surface area contributed by atoms with Gasteiger partial charge in [-0.1, -0.05) is 40.9 Å². The number of methoxy groups -OCH3 is 1. The minimum atomic E-state index is -3.76. The zero-order valence-corrected chi connectivity index (χ0v) is 24.0. The maximum Gasteiger partial charge on any atom is 0.345 e. The number of hydrogen-bond acceptors (Lipinski definition) is 7. The lowest BCUT2D eigenvalue weighted by Crippen LogP contribution is -2.18. The molecule has 0 fully saturated rings. The quantitative estimate of drug-likeness (QED) is 0.102. The summed E-state index contributed by atoms with van der Waals surface area (Å²) in [4.78, 5) is 25.2. The first kappa shape index (κ1) is 29.6. The number of nitrogens with one attached hydrogen (secondary N) is 2. The number of hydrogen-bond donors (Lipinski definition) is 2. The van der Waals surface area contributed by atoms with Gasteiger partial charge in [0.15, 0.2) is 11.5 Å². The van der Waals surface area contributed by atoms with E-state index in [1.165, 1.54) is 74.0 Å². The fraction of sp³-hybridized carbons (Fsp3) is 0.0690. The Morgan fingerprint density at radius 2 is 1.59 bits per heavy atom. The van der Waals surface area contributed by atoms with Crippen molar-refractivity contribution in [3.8, 4) is 11.5 Å². The molecule has 0 saturated carbocycles. The predicted octanol–water partition coefficient (Wildman–Crippen LogP) is 6.09. The van der Waals surface area contributed by atoms with Crippen molar-refractivity contribution >= 4 is 57.0 Å². The number of amides is 1. The molecule has 0 aliphatic rings. The number of halogens is 2. The van der Waals surface area contributed by atoms with Crippen LogP contribution >= 0.6 is 23.2 Å². The Morgan fingerprint density at radius 3 is 2.24 bits per heavy atom. The lowest BCUT2D eigenvalue weighted by molar-refractivity contribution is 0.0729. The summed E-state index contributed by atoms with van der Waals surface area (Å²) in [5.41, 5.74) is 4.61. The molecule has 0 bridgehead atoms. The summed E-state index contributed by atoms with van der Waals surface area (Å²) in [6, 6.07) is 21.5. The van der Waals surface area contributed by atoms with Gasteiger partial charge in [-0.3, -0.25) is 9.52 Å². The Morgan fingerprint density at radius 1 is 0.878 bits per heavy atom. The van der Waals surface area contributed by atoms with Gasteiger partial charge < -0.3 is 9.47 Å². The lowest BCUT2D eigenvalue weighted by Gasteiger charge is -2.11. The number of esters is 1. The minimum absolute atomic E-state index is 0.132. The van der Waals surface area contributed by atoms with E-state index in [1.807, 2.05) is 6.92 Å². The zero-order valence-electron chi connectivity index (χ0n) is 21.7. The molecule has 0 atom stereocenters. The monoisotopic (exact) mass is 611 g/mol. The molecule has 0 aliphatic carbocycles. The van der Waals surface area contributed by atoms with Crippen LogP contribution < -0.4 is 19.6 Å². The van der Waals surface area contributed by atoms with Crippen molar-refractivity contribution in [3.05, 3.63) is 117 Å². The average Bonchev–Trinajstić information content (AvgIpc) is 2.94. The van der Waals surface area contributed by atoms with E-state index in [9.17, 15) is 18.0 Å². The van der Waals surface area contributed by atoms with E-state index >= 15 is 0 Å². The molecule has 9 nitrogen and oxygen atoms in total. The maximum atomic E-state index is 12.6. The Balaban J connectivity index is 1.36. The highest BCUT2D eigenvalue weighted by atomic mass is 35.5. The van der Waals surface area contributed by atoms with E-state index < -0.39 is 21.9 Å². The fourth-order valence-electron chi connectivity index (χ4n) is 3.51. The molecule has 2 N–H and O–H groups in total. The van der Waals surface area contributed by atoms with Crippen LogP contribution in [0.2, 0.25) is 10.0 Å². The summed E-state index contributed by atoms with van der Waals surface area (Å²) in [5, 5.41) is 4.49. The third kappa shape index (κ3) is 7.63. The molecule has 41 heavy (non-hydrogen) atoms. The highest BCUT2D eigenvalue weighted by Gasteiger charge is 2.17. The van der Waals surface area contributed by atoms with Crippen LogP contribution in [0.15, 0.2) is 94.9 Å². The number of anilines is 1. The van der Waals surface area contributed by atoms with Crippen LogP contribution in [0.3, 0.4) is 0 Å². The van der Waals surface area contributed by atoms with Crippen LogP contribution in [-0.4, -0.2) is 33.6 Å². The van der Waals surface area contributed by atoms with Gasteiger partial charge in [0.1, 0.15) is 0 Å². The molecule has 0 spiro atoms. The molecule has 4 rings (SSSR count). The smallest absolute Gasteiger partial charge is 0.345 e. The van der Waals surface area contributed by atoms with Gasteiger partial charge in [0, 0.05) is 16.3 Å². The van der Waals surface area contributed by atoms with Crippen LogP contribution in [0.4, 0.5) is 5.69 Å². The van der Waals surface area contributed by atoms with Gasteiger partial charge in [0.2, 0.25) is 0 Å². The molecule has 4 aromatic carbocycles. The number of aryl methyl sites for hydroxylation is 1. The first-order valence-electron chi connectivity index (χ1n) is 11.9.